The second-order valence-electron chi connectivity index (χ2n) is 5.89. The number of tetrazole rings is 1. The van der Waals surface area contributed by atoms with Gasteiger partial charge in [-0.15, -0.1) is 5.10 Å². The maximum Gasteiger partial charge on any atom is 0.237 e. The lowest BCUT2D eigenvalue weighted by Crippen LogP contribution is -2.23. The summed E-state index contributed by atoms with van der Waals surface area (Å²) in [5, 5.41) is 15.4. The number of hydrogen-bond donors (Lipinski definition) is 1. The number of rotatable bonds is 5. The van der Waals surface area contributed by atoms with Gasteiger partial charge >= 0.3 is 0 Å². The number of amides is 1. The van der Waals surface area contributed by atoms with E-state index in [2.05, 4.69) is 26.9 Å². The molecule has 8 heteroatoms. The average molecular weight is 388 g/mol. The topological polar surface area (TPSA) is 72.7 Å². The molecule has 26 heavy (non-hydrogen) atoms. The predicted octanol–water partition coefficient (Wildman–Crippen LogP) is 4.05. The summed E-state index contributed by atoms with van der Waals surface area (Å²) < 4.78 is 1.65. The molecule has 0 aliphatic heterocycles. The summed E-state index contributed by atoms with van der Waals surface area (Å²) in [6, 6.07) is 13.2. The SMILES string of the molecule is Cc1ccc(-n2nnnc2SC(C)C(=O)Nc2ccccc2Cl)c(C)c1. The van der Waals surface area contributed by atoms with E-state index in [9.17, 15) is 4.79 Å². The first-order valence-electron chi connectivity index (χ1n) is 8.04. The van der Waals surface area contributed by atoms with Crippen LogP contribution in [0.1, 0.15) is 18.1 Å². The molecule has 1 N–H and O–H groups in total. The number of aryl methyl sites for hydroxylation is 2. The first-order valence-corrected chi connectivity index (χ1v) is 9.29. The highest BCUT2D eigenvalue weighted by Gasteiger charge is 2.20. The van der Waals surface area contributed by atoms with Crippen molar-refractivity contribution in [2.45, 2.75) is 31.2 Å². The van der Waals surface area contributed by atoms with Gasteiger partial charge in [-0.3, -0.25) is 4.79 Å². The molecule has 0 bridgehead atoms. The minimum Gasteiger partial charge on any atom is -0.324 e. The lowest BCUT2D eigenvalue weighted by atomic mass is 10.1. The number of aromatic nitrogens is 4. The normalized spacial score (nSPS) is 12.0. The van der Waals surface area contributed by atoms with Crippen LogP contribution in [0.25, 0.3) is 5.69 Å². The Morgan fingerprint density at radius 3 is 2.73 bits per heavy atom. The van der Waals surface area contributed by atoms with E-state index in [-0.39, 0.29) is 5.91 Å². The molecule has 1 amide bonds. The number of anilines is 1. The van der Waals surface area contributed by atoms with Crippen LogP contribution in [0.2, 0.25) is 5.02 Å². The van der Waals surface area contributed by atoms with Crippen molar-refractivity contribution in [2.24, 2.45) is 0 Å². The van der Waals surface area contributed by atoms with Gasteiger partial charge in [-0.1, -0.05) is 53.2 Å². The average Bonchev–Trinajstić information content (AvgIpc) is 3.04. The molecule has 3 rings (SSSR count). The van der Waals surface area contributed by atoms with Gasteiger partial charge in [-0.2, -0.15) is 4.68 Å². The number of carbonyl (C=O) groups excluding carboxylic acids is 1. The zero-order valence-corrected chi connectivity index (χ0v) is 16.2. The number of para-hydroxylation sites is 1. The van der Waals surface area contributed by atoms with Crippen LogP contribution < -0.4 is 5.32 Å². The van der Waals surface area contributed by atoms with Crippen LogP contribution in [0.4, 0.5) is 5.69 Å². The minimum absolute atomic E-state index is 0.168. The molecule has 1 aromatic heterocycles. The summed E-state index contributed by atoms with van der Waals surface area (Å²) in [5.41, 5.74) is 3.70. The van der Waals surface area contributed by atoms with Gasteiger partial charge in [0.2, 0.25) is 11.1 Å². The van der Waals surface area contributed by atoms with E-state index in [0.717, 1.165) is 11.3 Å². The predicted molar refractivity (Wildman–Crippen MR) is 104 cm³/mol. The molecular weight excluding hydrogens is 370 g/mol. The van der Waals surface area contributed by atoms with Gasteiger partial charge in [0.25, 0.3) is 0 Å². The Morgan fingerprint density at radius 1 is 1.23 bits per heavy atom. The molecule has 1 atom stereocenters. The van der Waals surface area contributed by atoms with Gasteiger partial charge in [-0.25, -0.2) is 0 Å². The van der Waals surface area contributed by atoms with Crippen molar-refractivity contribution in [3.05, 3.63) is 58.6 Å². The third kappa shape index (κ3) is 4.05. The van der Waals surface area contributed by atoms with E-state index < -0.39 is 5.25 Å². The fraction of sp³-hybridized carbons (Fsp3) is 0.222. The Balaban J connectivity index is 1.76. The molecule has 0 aliphatic rings. The zero-order chi connectivity index (χ0) is 18.7. The van der Waals surface area contributed by atoms with Crippen LogP contribution >= 0.6 is 23.4 Å². The molecule has 0 saturated carbocycles. The molecule has 0 radical (unpaired) electrons. The maximum atomic E-state index is 12.5. The Hall–Kier alpha value is -2.38. The second kappa shape index (κ2) is 7.88. The summed E-state index contributed by atoms with van der Waals surface area (Å²) in [6.45, 7) is 5.84. The van der Waals surface area contributed by atoms with E-state index >= 15 is 0 Å². The van der Waals surface area contributed by atoms with Gasteiger partial charge in [0, 0.05) is 0 Å². The number of halogens is 1. The van der Waals surface area contributed by atoms with E-state index in [1.165, 1.54) is 17.3 Å². The van der Waals surface area contributed by atoms with Gasteiger partial charge in [0.05, 0.1) is 21.6 Å². The third-order valence-electron chi connectivity index (χ3n) is 3.80. The van der Waals surface area contributed by atoms with Crippen molar-refractivity contribution >= 4 is 35.0 Å². The van der Waals surface area contributed by atoms with Gasteiger partial charge in [-0.05, 0) is 55.0 Å². The summed E-state index contributed by atoms with van der Waals surface area (Å²) >= 11 is 7.38. The first kappa shape index (κ1) is 18.4. The van der Waals surface area contributed by atoms with Crippen LogP contribution in [-0.4, -0.2) is 31.4 Å². The number of thioether (sulfide) groups is 1. The van der Waals surface area contributed by atoms with Crippen LogP contribution in [0.15, 0.2) is 47.6 Å². The summed E-state index contributed by atoms with van der Waals surface area (Å²) in [5.74, 6) is -0.168. The fourth-order valence-corrected chi connectivity index (χ4v) is 3.44. The monoisotopic (exact) mass is 387 g/mol. The van der Waals surface area contributed by atoms with Crippen LogP contribution in [0.3, 0.4) is 0 Å². The zero-order valence-electron chi connectivity index (χ0n) is 14.6. The van der Waals surface area contributed by atoms with Crippen molar-refractivity contribution in [3.8, 4) is 5.69 Å². The smallest absolute Gasteiger partial charge is 0.237 e. The van der Waals surface area contributed by atoms with E-state index in [1.807, 2.05) is 38.1 Å². The molecule has 3 aromatic rings. The maximum absolute atomic E-state index is 12.5. The lowest BCUT2D eigenvalue weighted by molar-refractivity contribution is -0.115. The quantitative estimate of drug-likeness (QED) is 0.668. The van der Waals surface area contributed by atoms with E-state index in [0.29, 0.717) is 15.9 Å². The molecule has 1 heterocycles. The van der Waals surface area contributed by atoms with Crippen molar-refractivity contribution in [1.29, 1.82) is 0 Å². The van der Waals surface area contributed by atoms with Crippen LogP contribution in [0.5, 0.6) is 0 Å². The molecular formula is C18H18ClN5OS. The Kier molecular flexibility index (Phi) is 5.58. The van der Waals surface area contributed by atoms with Gasteiger partial charge in [0.1, 0.15) is 0 Å². The lowest BCUT2D eigenvalue weighted by Gasteiger charge is -2.13. The van der Waals surface area contributed by atoms with Crippen LogP contribution in [0, 0.1) is 13.8 Å². The van der Waals surface area contributed by atoms with Crippen molar-refractivity contribution in [2.75, 3.05) is 5.32 Å². The van der Waals surface area contributed by atoms with Crippen molar-refractivity contribution in [1.82, 2.24) is 20.2 Å². The third-order valence-corrected chi connectivity index (χ3v) is 5.17. The Morgan fingerprint density at radius 2 is 2.00 bits per heavy atom. The van der Waals surface area contributed by atoms with E-state index in [4.69, 9.17) is 11.6 Å². The molecule has 2 aromatic carbocycles. The van der Waals surface area contributed by atoms with Gasteiger partial charge < -0.3 is 5.32 Å². The summed E-state index contributed by atoms with van der Waals surface area (Å²) in [4.78, 5) is 12.5. The molecule has 0 spiro atoms. The molecule has 0 aliphatic carbocycles. The Labute approximate surface area is 160 Å². The van der Waals surface area contributed by atoms with Crippen molar-refractivity contribution in [3.63, 3.8) is 0 Å². The molecule has 0 fully saturated rings. The molecule has 0 saturated heterocycles. The van der Waals surface area contributed by atoms with Gasteiger partial charge in [0.15, 0.2) is 0 Å². The highest BCUT2D eigenvalue weighted by atomic mass is 35.5. The Bertz CT molecular complexity index is 943. The highest BCUT2D eigenvalue weighted by molar-refractivity contribution is 8.00. The first-order chi connectivity index (χ1) is 12.5. The molecule has 134 valence electrons. The largest absolute Gasteiger partial charge is 0.324 e. The van der Waals surface area contributed by atoms with Crippen LogP contribution in [-0.2, 0) is 4.79 Å². The van der Waals surface area contributed by atoms with E-state index in [1.54, 1.807) is 23.7 Å². The molecule has 1 unspecified atom stereocenters. The number of hydrogen-bond acceptors (Lipinski definition) is 5. The summed E-state index contributed by atoms with van der Waals surface area (Å²) in [7, 11) is 0. The fourth-order valence-electron chi connectivity index (χ4n) is 2.46. The summed E-state index contributed by atoms with van der Waals surface area (Å²) in [6.07, 6.45) is 0. The number of carbonyl (C=O) groups is 1. The number of nitrogens with one attached hydrogen (secondary N) is 1. The number of nitrogens with zero attached hydrogens (tertiary/aromatic N) is 4. The minimum atomic E-state index is -0.401. The molecule has 6 nitrogen and oxygen atoms in total. The second-order valence-corrected chi connectivity index (χ2v) is 7.61. The number of benzene rings is 2. The highest BCUT2D eigenvalue weighted by Crippen LogP contribution is 2.27. The standard InChI is InChI=1S/C18H18ClN5OS/c1-11-8-9-16(12(2)10-11)24-18(21-22-23-24)26-13(3)17(25)20-15-7-5-4-6-14(15)19/h4-10,13H,1-3H3,(H,20,25). The van der Waals surface area contributed by atoms with Crippen molar-refractivity contribution < 1.29 is 4.79 Å².